The van der Waals surface area contributed by atoms with Crippen molar-refractivity contribution in [2.24, 2.45) is 11.8 Å². The Morgan fingerprint density at radius 2 is 1.55 bits per heavy atom. The SMILES string of the molecule is CCCCC[C@H]1CO[C@H]([C@H]2CO[C@H](c3cc(F)c(OCC(F)(F)F)c(F)c3)OC2)OC1. The lowest BCUT2D eigenvalue weighted by atomic mass is 10.0. The van der Waals surface area contributed by atoms with Gasteiger partial charge in [-0.3, -0.25) is 0 Å². The van der Waals surface area contributed by atoms with Crippen LogP contribution in [0.2, 0.25) is 0 Å². The van der Waals surface area contributed by atoms with Gasteiger partial charge in [0.1, 0.15) is 0 Å². The first-order valence-corrected chi connectivity index (χ1v) is 10.4. The van der Waals surface area contributed by atoms with Gasteiger partial charge in [0.05, 0.1) is 32.3 Å². The molecular formula is C21H27F5O5. The van der Waals surface area contributed by atoms with Gasteiger partial charge in [-0.1, -0.05) is 26.2 Å². The molecule has 0 aliphatic carbocycles. The van der Waals surface area contributed by atoms with E-state index in [0.29, 0.717) is 19.1 Å². The zero-order valence-electron chi connectivity index (χ0n) is 17.3. The Labute approximate surface area is 177 Å². The number of alkyl halides is 3. The molecule has 2 heterocycles. The number of ether oxygens (including phenoxy) is 5. The largest absolute Gasteiger partial charge is 0.478 e. The summed E-state index contributed by atoms with van der Waals surface area (Å²) in [6.07, 6.45) is -1.70. The standard InChI is InChI=1S/C21H27F5O5/c1-2-3-4-5-13-8-27-20(28-9-13)15-10-29-19(30-11-15)14-6-16(22)18(17(23)7-14)31-12-21(24,25)26/h6-7,13,15,19-20H,2-5,8-12H2,1H3/t13-,15-,19-,20-. The Kier molecular flexibility index (Phi) is 8.49. The predicted octanol–water partition coefficient (Wildman–Crippen LogP) is 5.14. The van der Waals surface area contributed by atoms with E-state index in [1.165, 1.54) is 6.42 Å². The van der Waals surface area contributed by atoms with Crippen molar-refractivity contribution in [1.82, 2.24) is 0 Å². The second-order valence-electron chi connectivity index (χ2n) is 7.87. The fourth-order valence-electron chi connectivity index (χ4n) is 3.56. The molecule has 0 bridgehead atoms. The van der Waals surface area contributed by atoms with Crippen molar-refractivity contribution in [3.8, 4) is 5.75 Å². The van der Waals surface area contributed by atoms with Crippen LogP contribution in [0, 0.1) is 23.5 Å². The van der Waals surface area contributed by atoms with E-state index in [4.69, 9.17) is 18.9 Å². The number of hydrogen-bond donors (Lipinski definition) is 0. The molecule has 0 atom stereocenters. The maximum Gasteiger partial charge on any atom is 0.422 e. The summed E-state index contributed by atoms with van der Waals surface area (Å²) in [4.78, 5) is 0. The summed E-state index contributed by atoms with van der Waals surface area (Å²) in [5.74, 6) is -3.45. The molecule has 0 spiro atoms. The predicted molar refractivity (Wildman–Crippen MR) is 99.4 cm³/mol. The summed E-state index contributed by atoms with van der Waals surface area (Å²) in [5, 5.41) is 0. The molecule has 31 heavy (non-hydrogen) atoms. The van der Waals surface area contributed by atoms with E-state index >= 15 is 0 Å². The maximum absolute atomic E-state index is 14.1. The summed E-state index contributed by atoms with van der Waals surface area (Å²) in [6, 6.07) is 1.68. The van der Waals surface area contributed by atoms with Crippen molar-refractivity contribution in [3.05, 3.63) is 29.3 Å². The monoisotopic (exact) mass is 454 g/mol. The average molecular weight is 454 g/mol. The van der Waals surface area contributed by atoms with Crippen LogP contribution >= 0.6 is 0 Å². The molecule has 0 N–H and O–H groups in total. The zero-order valence-corrected chi connectivity index (χ0v) is 17.3. The first kappa shape index (κ1) is 24.2. The summed E-state index contributed by atoms with van der Waals surface area (Å²) in [6.45, 7) is 1.93. The molecule has 3 rings (SSSR count). The molecule has 1 aromatic rings. The van der Waals surface area contributed by atoms with Gasteiger partial charge in [0.25, 0.3) is 0 Å². The molecular weight excluding hydrogens is 427 g/mol. The van der Waals surface area contributed by atoms with Crippen molar-refractivity contribution in [3.63, 3.8) is 0 Å². The van der Waals surface area contributed by atoms with Crippen LogP contribution in [0.5, 0.6) is 5.75 Å². The highest BCUT2D eigenvalue weighted by molar-refractivity contribution is 5.32. The Hall–Kier alpha value is -1.49. The van der Waals surface area contributed by atoms with E-state index in [-0.39, 0.29) is 24.7 Å². The van der Waals surface area contributed by atoms with Crippen LogP contribution in [-0.4, -0.2) is 45.5 Å². The van der Waals surface area contributed by atoms with Gasteiger partial charge in [0, 0.05) is 11.5 Å². The smallest absolute Gasteiger partial charge is 0.422 e. The molecule has 2 aliphatic rings. The molecule has 5 nitrogen and oxygen atoms in total. The number of halogens is 5. The Morgan fingerprint density at radius 1 is 0.935 bits per heavy atom. The van der Waals surface area contributed by atoms with Crippen LogP contribution in [0.25, 0.3) is 0 Å². The lowest BCUT2D eigenvalue weighted by Crippen LogP contribution is -2.43. The lowest BCUT2D eigenvalue weighted by Gasteiger charge is -2.37. The van der Waals surface area contributed by atoms with E-state index in [1.54, 1.807) is 0 Å². The van der Waals surface area contributed by atoms with E-state index in [2.05, 4.69) is 11.7 Å². The summed E-state index contributed by atoms with van der Waals surface area (Å²) in [7, 11) is 0. The molecule has 2 saturated heterocycles. The molecule has 0 unspecified atom stereocenters. The topological polar surface area (TPSA) is 46.2 Å². The van der Waals surface area contributed by atoms with Gasteiger partial charge in [-0.25, -0.2) is 8.78 Å². The molecule has 2 aliphatic heterocycles. The van der Waals surface area contributed by atoms with Crippen molar-refractivity contribution in [1.29, 1.82) is 0 Å². The highest BCUT2D eigenvalue weighted by atomic mass is 19.4. The lowest BCUT2D eigenvalue weighted by molar-refractivity contribution is -0.283. The molecule has 0 radical (unpaired) electrons. The molecule has 1 aromatic carbocycles. The quantitative estimate of drug-likeness (QED) is 0.402. The molecule has 0 saturated carbocycles. The van der Waals surface area contributed by atoms with E-state index in [9.17, 15) is 22.0 Å². The molecule has 176 valence electrons. The Balaban J connectivity index is 1.48. The molecule has 2 fully saturated rings. The van der Waals surface area contributed by atoms with Crippen molar-refractivity contribution in [2.75, 3.05) is 33.0 Å². The van der Waals surface area contributed by atoms with Gasteiger partial charge in [0.15, 0.2) is 36.6 Å². The van der Waals surface area contributed by atoms with Gasteiger partial charge < -0.3 is 23.7 Å². The fraction of sp³-hybridized carbons (Fsp3) is 0.714. The van der Waals surface area contributed by atoms with Crippen molar-refractivity contribution >= 4 is 0 Å². The van der Waals surface area contributed by atoms with Gasteiger partial charge in [0.2, 0.25) is 0 Å². The highest BCUT2D eigenvalue weighted by Gasteiger charge is 2.35. The molecule has 0 aromatic heterocycles. The zero-order chi connectivity index (χ0) is 22.4. The van der Waals surface area contributed by atoms with Crippen LogP contribution in [0.3, 0.4) is 0 Å². The number of hydrogen-bond acceptors (Lipinski definition) is 5. The third-order valence-corrected chi connectivity index (χ3v) is 5.19. The normalized spacial score (nSPS) is 27.3. The highest BCUT2D eigenvalue weighted by Crippen LogP contribution is 2.33. The van der Waals surface area contributed by atoms with Crippen LogP contribution in [-0.2, 0) is 18.9 Å². The molecule has 0 amide bonds. The first-order chi connectivity index (χ1) is 14.8. The van der Waals surface area contributed by atoms with Crippen LogP contribution in [0.4, 0.5) is 22.0 Å². The minimum absolute atomic E-state index is 0.00859. The van der Waals surface area contributed by atoms with Crippen molar-refractivity contribution < 1.29 is 45.6 Å². The van der Waals surface area contributed by atoms with E-state index in [1.807, 2.05) is 0 Å². The van der Waals surface area contributed by atoms with Crippen LogP contribution < -0.4 is 4.74 Å². The Morgan fingerprint density at radius 3 is 2.10 bits per heavy atom. The van der Waals surface area contributed by atoms with Gasteiger partial charge >= 0.3 is 6.18 Å². The summed E-state index contributed by atoms with van der Waals surface area (Å²) < 4.78 is 91.8. The second-order valence-corrected chi connectivity index (χ2v) is 7.87. The number of rotatable bonds is 8. The van der Waals surface area contributed by atoms with E-state index < -0.39 is 42.7 Å². The van der Waals surface area contributed by atoms with E-state index in [0.717, 1.165) is 31.4 Å². The second kappa shape index (κ2) is 10.9. The number of unbranched alkanes of at least 4 members (excludes halogenated alkanes) is 2. The van der Waals surface area contributed by atoms with Crippen molar-refractivity contribution in [2.45, 2.75) is 51.4 Å². The van der Waals surface area contributed by atoms with Gasteiger partial charge in [-0.05, 0) is 18.6 Å². The molecule has 10 heteroatoms. The minimum atomic E-state index is -4.71. The Bertz CT molecular complexity index is 675. The fourth-order valence-corrected chi connectivity index (χ4v) is 3.56. The van der Waals surface area contributed by atoms with Gasteiger partial charge in [-0.15, -0.1) is 0 Å². The van der Waals surface area contributed by atoms with Crippen LogP contribution in [0.15, 0.2) is 12.1 Å². The third-order valence-electron chi connectivity index (χ3n) is 5.19. The maximum atomic E-state index is 14.1. The van der Waals surface area contributed by atoms with Crippen LogP contribution in [0.1, 0.15) is 44.5 Å². The first-order valence-electron chi connectivity index (χ1n) is 10.4. The minimum Gasteiger partial charge on any atom is -0.478 e. The average Bonchev–Trinajstić information content (AvgIpc) is 2.73. The summed E-state index contributed by atoms with van der Waals surface area (Å²) >= 11 is 0. The number of benzene rings is 1. The third kappa shape index (κ3) is 7.00. The summed E-state index contributed by atoms with van der Waals surface area (Å²) in [5.41, 5.74) is 0.00859. The van der Waals surface area contributed by atoms with Gasteiger partial charge in [-0.2, -0.15) is 13.2 Å².